The van der Waals surface area contributed by atoms with Gasteiger partial charge in [-0.2, -0.15) is 0 Å². The maximum absolute atomic E-state index is 8.82. The molecule has 0 spiro atoms. The normalized spacial score (nSPS) is 12.6. The molecule has 0 bridgehead atoms. The summed E-state index contributed by atoms with van der Waals surface area (Å²) in [4.78, 5) is 4.53. The fourth-order valence-electron chi connectivity index (χ4n) is 2.68. The Morgan fingerprint density at radius 3 is 2.61 bits per heavy atom. The number of nitrogens with two attached hydrogens (primary N) is 1. The summed E-state index contributed by atoms with van der Waals surface area (Å²) >= 11 is 12.3. The second kappa shape index (κ2) is 8.69. The third-order valence-corrected chi connectivity index (χ3v) is 4.35. The van der Waals surface area contributed by atoms with Crippen LogP contribution in [0.15, 0.2) is 24.5 Å². The number of unbranched alkanes of at least 4 members (excludes halogenated alkanes) is 3. The molecule has 2 aromatic rings. The van der Waals surface area contributed by atoms with Gasteiger partial charge in [0.15, 0.2) is 0 Å². The highest BCUT2D eigenvalue weighted by atomic mass is 35.5. The number of aromatic nitrogens is 2. The summed E-state index contributed by atoms with van der Waals surface area (Å²) in [6.07, 6.45) is 5.83. The van der Waals surface area contributed by atoms with E-state index in [1.807, 2.05) is 25.4 Å². The van der Waals surface area contributed by atoms with Gasteiger partial charge in [0, 0.05) is 29.8 Å². The van der Waals surface area contributed by atoms with Gasteiger partial charge in [-0.25, -0.2) is 4.98 Å². The van der Waals surface area contributed by atoms with Crippen molar-refractivity contribution >= 4 is 23.2 Å². The highest BCUT2D eigenvalue weighted by Gasteiger charge is 2.18. The van der Waals surface area contributed by atoms with Crippen LogP contribution in [0, 0.1) is 0 Å². The molecule has 1 heterocycles. The average Bonchev–Trinajstić information content (AvgIpc) is 2.91. The molecule has 0 saturated heterocycles. The van der Waals surface area contributed by atoms with Crippen LogP contribution in [0.5, 0.6) is 0 Å². The van der Waals surface area contributed by atoms with E-state index in [1.54, 1.807) is 6.07 Å². The SMILES string of the molecule is CC(N)c1c(-c2ccc(Cl)cc2Cl)ncn1CCCCCCO. The fourth-order valence-corrected chi connectivity index (χ4v) is 3.18. The molecule has 1 atom stereocenters. The maximum atomic E-state index is 8.82. The van der Waals surface area contributed by atoms with Crippen LogP contribution in [0.3, 0.4) is 0 Å². The van der Waals surface area contributed by atoms with Crippen LogP contribution in [-0.4, -0.2) is 21.3 Å². The molecule has 0 radical (unpaired) electrons. The van der Waals surface area contributed by atoms with Gasteiger partial charge in [-0.1, -0.05) is 36.0 Å². The van der Waals surface area contributed by atoms with E-state index in [0.717, 1.165) is 49.2 Å². The van der Waals surface area contributed by atoms with E-state index in [-0.39, 0.29) is 12.6 Å². The first kappa shape index (κ1) is 18.3. The van der Waals surface area contributed by atoms with Gasteiger partial charge in [0.05, 0.1) is 22.7 Å². The summed E-state index contributed by atoms with van der Waals surface area (Å²) in [7, 11) is 0. The Bertz CT molecular complexity index is 641. The quantitative estimate of drug-likeness (QED) is 0.688. The van der Waals surface area contributed by atoms with Crippen LogP contribution < -0.4 is 5.73 Å². The number of rotatable bonds is 8. The minimum Gasteiger partial charge on any atom is -0.396 e. The van der Waals surface area contributed by atoms with Crippen molar-refractivity contribution in [1.82, 2.24) is 9.55 Å². The first-order valence-corrected chi connectivity index (χ1v) is 8.67. The predicted octanol–water partition coefficient (Wildman–Crippen LogP) is 4.43. The van der Waals surface area contributed by atoms with Crippen molar-refractivity contribution in [3.63, 3.8) is 0 Å². The van der Waals surface area contributed by atoms with Gasteiger partial charge in [-0.05, 0) is 38.0 Å². The fraction of sp³-hybridized carbons (Fsp3) is 0.471. The number of hydrogen-bond donors (Lipinski definition) is 2. The van der Waals surface area contributed by atoms with E-state index in [0.29, 0.717) is 10.0 Å². The molecule has 0 aliphatic rings. The van der Waals surface area contributed by atoms with E-state index < -0.39 is 0 Å². The summed E-state index contributed by atoms with van der Waals surface area (Å²) in [5, 5.41) is 10.00. The summed E-state index contributed by atoms with van der Waals surface area (Å²) < 4.78 is 2.10. The highest BCUT2D eigenvalue weighted by molar-refractivity contribution is 6.36. The monoisotopic (exact) mass is 355 g/mol. The van der Waals surface area contributed by atoms with E-state index in [9.17, 15) is 0 Å². The molecule has 0 aliphatic heterocycles. The van der Waals surface area contributed by atoms with Crippen molar-refractivity contribution in [3.05, 3.63) is 40.3 Å². The molecular formula is C17H23Cl2N3O. The molecule has 2 rings (SSSR count). The van der Waals surface area contributed by atoms with Gasteiger partial charge in [0.1, 0.15) is 0 Å². The van der Waals surface area contributed by atoms with Gasteiger partial charge in [0.25, 0.3) is 0 Å². The highest BCUT2D eigenvalue weighted by Crippen LogP contribution is 2.33. The van der Waals surface area contributed by atoms with Crippen molar-refractivity contribution < 1.29 is 5.11 Å². The Morgan fingerprint density at radius 2 is 1.96 bits per heavy atom. The third-order valence-electron chi connectivity index (χ3n) is 3.80. The van der Waals surface area contributed by atoms with Crippen LogP contribution in [-0.2, 0) is 6.54 Å². The van der Waals surface area contributed by atoms with Gasteiger partial charge >= 0.3 is 0 Å². The lowest BCUT2D eigenvalue weighted by Gasteiger charge is -2.14. The first-order valence-electron chi connectivity index (χ1n) is 7.91. The van der Waals surface area contributed by atoms with Crippen molar-refractivity contribution in [2.24, 2.45) is 5.73 Å². The summed E-state index contributed by atoms with van der Waals surface area (Å²) in [6, 6.07) is 5.26. The lowest BCUT2D eigenvalue weighted by Crippen LogP contribution is -2.13. The van der Waals surface area contributed by atoms with Crippen molar-refractivity contribution in [2.45, 2.75) is 45.2 Å². The number of hydrogen-bond acceptors (Lipinski definition) is 3. The molecule has 4 nitrogen and oxygen atoms in total. The third kappa shape index (κ3) is 4.70. The number of aliphatic hydroxyl groups excluding tert-OH is 1. The minimum absolute atomic E-state index is 0.142. The second-order valence-corrected chi connectivity index (χ2v) is 6.57. The lowest BCUT2D eigenvalue weighted by molar-refractivity contribution is 0.282. The van der Waals surface area contributed by atoms with Crippen LogP contribution in [0.4, 0.5) is 0 Å². The summed E-state index contributed by atoms with van der Waals surface area (Å²) in [5.41, 5.74) is 8.81. The largest absolute Gasteiger partial charge is 0.396 e. The molecule has 1 aromatic heterocycles. The zero-order valence-electron chi connectivity index (χ0n) is 13.3. The van der Waals surface area contributed by atoms with Crippen molar-refractivity contribution in [2.75, 3.05) is 6.61 Å². The van der Waals surface area contributed by atoms with Gasteiger partial charge < -0.3 is 15.4 Å². The smallest absolute Gasteiger partial charge is 0.0956 e. The summed E-state index contributed by atoms with van der Waals surface area (Å²) in [5.74, 6) is 0. The van der Waals surface area contributed by atoms with E-state index >= 15 is 0 Å². The number of imidazole rings is 1. The molecule has 0 saturated carbocycles. The molecule has 1 unspecified atom stereocenters. The zero-order valence-corrected chi connectivity index (χ0v) is 14.8. The predicted molar refractivity (Wildman–Crippen MR) is 95.8 cm³/mol. The van der Waals surface area contributed by atoms with E-state index in [4.69, 9.17) is 34.0 Å². The molecule has 0 aliphatic carbocycles. The van der Waals surface area contributed by atoms with Crippen LogP contribution in [0.25, 0.3) is 11.3 Å². The Balaban J connectivity index is 2.21. The zero-order chi connectivity index (χ0) is 16.8. The second-order valence-electron chi connectivity index (χ2n) is 5.72. The van der Waals surface area contributed by atoms with Crippen LogP contribution >= 0.6 is 23.2 Å². The topological polar surface area (TPSA) is 64.1 Å². The molecule has 3 N–H and O–H groups in total. The molecule has 0 fully saturated rings. The standard InChI is InChI=1S/C17H23Cl2N3O/c1-12(20)17-16(14-7-6-13(18)10-15(14)19)21-11-22(17)8-4-2-3-5-9-23/h6-7,10-12,23H,2-5,8-9,20H2,1H3. The van der Waals surface area contributed by atoms with E-state index in [1.165, 1.54) is 0 Å². The van der Waals surface area contributed by atoms with Gasteiger partial charge in [0.2, 0.25) is 0 Å². The summed E-state index contributed by atoms with van der Waals surface area (Å²) in [6.45, 7) is 3.07. The van der Waals surface area contributed by atoms with Crippen molar-refractivity contribution in [1.29, 1.82) is 0 Å². The number of nitrogens with zero attached hydrogens (tertiary/aromatic N) is 2. The first-order chi connectivity index (χ1) is 11.0. The Labute approximate surface area is 147 Å². The number of aryl methyl sites for hydroxylation is 1. The Hall–Kier alpha value is -1.07. The molecule has 0 amide bonds. The molecule has 23 heavy (non-hydrogen) atoms. The number of benzene rings is 1. The Kier molecular flexibility index (Phi) is 6.90. The molecular weight excluding hydrogens is 333 g/mol. The van der Waals surface area contributed by atoms with Gasteiger partial charge in [-0.15, -0.1) is 0 Å². The molecule has 1 aromatic carbocycles. The average molecular weight is 356 g/mol. The molecule has 6 heteroatoms. The lowest BCUT2D eigenvalue weighted by atomic mass is 10.1. The van der Waals surface area contributed by atoms with Crippen molar-refractivity contribution in [3.8, 4) is 11.3 Å². The number of halogens is 2. The van der Waals surface area contributed by atoms with Crippen LogP contribution in [0.2, 0.25) is 10.0 Å². The van der Waals surface area contributed by atoms with Crippen LogP contribution in [0.1, 0.15) is 44.3 Å². The minimum atomic E-state index is -0.142. The molecule has 126 valence electrons. The van der Waals surface area contributed by atoms with Gasteiger partial charge in [-0.3, -0.25) is 0 Å². The maximum Gasteiger partial charge on any atom is 0.0956 e. The van der Waals surface area contributed by atoms with E-state index in [2.05, 4.69) is 9.55 Å². The number of aliphatic hydroxyl groups is 1. The Morgan fingerprint density at radius 1 is 1.22 bits per heavy atom.